The van der Waals surface area contributed by atoms with E-state index in [-0.39, 0.29) is 0 Å². The standard InChI is InChI=1S/C16H23BrO/c1-3-5-6-13(4-2)11-16(18)12-14-7-9-15(17)10-8-14/h7-10,13H,3-6,11-12H2,1-2H3. The van der Waals surface area contributed by atoms with Gasteiger partial charge in [-0.3, -0.25) is 4.79 Å². The maximum atomic E-state index is 12.0. The molecule has 0 N–H and O–H groups in total. The molecular formula is C16H23BrO. The Kier molecular flexibility index (Phi) is 7.26. The minimum atomic E-state index is 0.375. The molecular weight excluding hydrogens is 288 g/mol. The molecule has 0 bridgehead atoms. The van der Waals surface area contributed by atoms with Crippen LogP contribution in [0.1, 0.15) is 51.5 Å². The van der Waals surface area contributed by atoms with Gasteiger partial charge in [0.15, 0.2) is 0 Å². The van der Waals surface area contributed by atoms with E-state index in [0.717, 1.165) is 22.9 Å². The Morgan fingerprint density at radius 3 is 2.44 bits per heavy atom. The third kappa shape index (κ3) is 5.81. The molecule has 1 rings (SSSR count). The van der Waals surface area contributed by atoms with E-state index in [1.165, 1.54) is 19.3 Å². The number of halogens is 1. The van der Waals surface area contributed by atoms with Crippen molar-refractivity contribution in [3.05, 3.63) is 34.3 Å². The van der Waals surface area contributed by atoms with Crippen molar-refractivity contribution in [3.63, 3.8) is 0 Å². The van der Waals surface area contributed by atoms with Gasteiger partial charge in [0, 0.05) is 17.3 Å². The van der Waals surface area contributed by atoms with Crippen molar-refractivity contribution in [2.24, 2.45) is 5.92 Å². The summed E-state index contributed by atoms with van der Waals surface area (Å²) in [5.41, 5.74) is 1.12. The van der Waals surface area contributed by atoms with Crippen LogP contribution < -0.4 is 0 Å². The summed E-state index contributed by atoms with van der Waals surface area (Å²) < 4.78 is 1.06. The summed E-state index contributed by atoms with van der Waals surface area (Å²) in [4.78, 5) is 12.0. The van der Waals surface area contributed by atoms with Crippen LogP contribution in [0.25, 0.3) is 0 Å². The monoisotopic (exact) mass is 310 g/mol. The minimum Gasteiger partial charge on any atom is -0.299 e. The summed E-state index contributed by atoms with van der Waals surface area (Å²) >= 11 is 3.41. The predicted molar refractivity (Wildman–Crippen MR) is 80.8 cm³/mol. The molecule has 1 atom stereocenters. The normalized spacial score (nSPS) is 12.4. The molecule has 18 heavy (non-hydrogen) atoms. The van der Waals surface area contributed by atoms with Crippen molar-refractivity contribution in [2.45, 2.75) is 52.4 Å². The van der Waals surface area contributed by atoms with E-state index in [4.69, 9.17) is 0 Å². The van der Waals surface area contributed by atoms with Crippen LogP contribution in [-0.4, -0.2) is 5.78 Å². The Hall–Kier alpha value is -0.630. The molecule has 0 aromatic heterocycles. The van der Waals surface area contributed by atoms with Crippen molar-refractivity contribution in [1.82, 2.24) is 0 Å². The number of hydrogen-bond donors (Lipinski definition) is 0. The topological polar surface area (TPSA) is 17.1 Å². The quantitative estimate of drug-likeness (QED) is 0.647. The average molecular weight is 311 g/mol. The summed E-state index contributed by atoms with van der Waals surface area (Å²) in [6.45, 7) is 4.39. The summed E-state index contributed by atoms with van der Waals surface area (Å²) in [5.74, 6) is 0.952. The fraction of sp³-hybridized carbons (Fsp3) is 0.562. The largest absolute Gasteiger partial charge is 0.299 e. The Morgan fingerprint density at radius 2 is 1.89 bits per heavy atom. The van der Waals surface area contributed by atoms with Crippen LogP contribution in [0.3, 0.4) is 0 Å². The molecule has 0 saturated heterocycles. The predicted octanol–water partition coefficient (Wildman–Crippen LogP) is 5.17. The number of rotatable bonds is 8. The first-order valence-corrected chi connectivity index (χ1v) is 7.71. The lowest BCUT2D eigenvalue weighted by molar-refractivity contribution is -0.119. The zero-order chi connectivity index (χ0) is 13.4. The zero-order valence-electron chi connectivity index (χ0n) is 11.4. The molecule has 100 valence electrons. The molecule has 0 aliphatic rings. The van der Waals surface area contributed by atoms with E-state index in [0.29, 0.717) is 18.1 Å². The maximum absolute atomic E-state index is 12.0. The smallest absolute Gasteiger partial charge is 0.137 e. The second kappa shape index (κ2) is 8.47. The number of benzene rings is 1. The van der Waals surface area contributed by atoms with E-state index in [2.05, 4.69) is 29.8 Å². The van der Waals surface area contributed by atoms with Crippen LogP contribution in [0, 0.1) is 5.92 Å². The van der Waals surface area contributed by atoms with Gasteiger partial charge in [-0.25, -0.2) is 0 Å². The molecule has 0 radical (unpaired) electrons. The Balaban J connectivity index is 2.42. The minimum absolute atomic E-state index is 0.375. The molecule has 1 nitrogen and oxygen atoms in total. The van der Waals surface area contributed by atoms with Crippen LogP contribution in [0.2, 0.25) is 0 Å². The molecule has 0 heterocycles. The number of hydrogen-bond acceptors (Lipinski definition) is 1. The van der Waals surface area contributed by atoms with Crippen molar-refractivity contribution in [2.75, 3.05) is 0 Å². The first-order valence-electron chi connectivity index (χ1n) is 6.91. The highest BCUT2D eigenvalue weighted by molar-refractivity contribution is 9.10. The molecule has 1 unspecified atom stereocenters. The lowest BCUT2D eigenvalue weighted by atomic mass is 9.92. The summed E-state index contributed by atoms with van der Waals surface area (Å²) in [6.07, 6.45) is 6.09. The first kappa shape index (κ1) is 15.4. The molecule has 1 aromatic carbocycles. The second-order valence-electron chi connectivity index (χ2n) is 4.96. The molecule has 0 saturated carbocycles. The van der Waals surface area contributed by atoms with Crippen molar-refractivity contribution >= 4 is 21.7 Å². The second-order valence-corrected chi connectivity index (χ2v) is 5.88. The van der Waals surface area contributed by atoms with Gasteiger partial charge in [-0.1, -0.05) is 67.6 Å². The Bertz CT molecular complexity index is 356. The Labute approximate surface area is 119 Å². The van der Waals surface area contributed by atoms with Crippen LogP contribution in [0.4, 0.5) is 0 Å². The third-order valence-electron chi connectivity index (χ3n) is 3.37. The highest BCUT2D eigenvalue weighted by atomic mass is 79.9. The molecule has 1 aromatic rings. The maximum Gasteiger partial charge on any atom is 0.137 e. The lowest BCUT2D eigenvalue weighted by Crippen LogP contribution is -2.10. The van der Waals surface area contributed by atoms with Crippen molar-refractivity contribution in [3.8, 4) is 0 Å². The van der Waals surface area contributed by atoms with Crippen molar-refractivity contribution < 1.29 is 4.79 Å². The number of Topliss-reactive ketones (excluding diaryl/α,β-unsaturated/α-hetero) is 1. The summed E-state index contributed by atoms with van der Waals surface area (Å²) in [5, 5.41) is 0. The lowest BCUT2D eigenvalue weighted by Gasteiger charge is -2.13. The van der Waals surface area contributed by atoms with Gasteiger partial charge in [-0.2, -0.15) is 0 Å². The zero-order valence-corrected chi connectivity index (χ0v) is 13.0. The van der Waals surface area contributed by atoms with Crippen LogP contribution in [0.5, 0.6) is 0 Å². The van der Waals surface area contributed by atoms with Gasteiger partial charge in [0.1, 0.15) is 5.78 Å². The molecule has 0 aliphatic heterocycles. The molecule has 0 amide bonds. The van der Waals surface area contributed by atoms with Gasteiger partial charge in [0.2, 0.25) is 0 Å². The Morgan fingerprint density at radius 1 is 1.22 bits per heavy atom. The van der Waals surface area contributed by atoms with Crippen LogP contribution >= 0.6 is 15.9 Å². The highest BCUT2D eigenvalue weighted by Gasteiger charge is 2.12. The van der Waals surface area contributed by atoms with Gasteiger partial charge in [-0.15, -0.1) is 0 Å². The number of carbonyl (C=O) groups is 1. The highest BCUT2D eigenvalue weighted by Crippen LogP contribution is 2.18. The van der Waals surface area contributed by atoms with Gasteiger partial charge < -0.3 is 0 Å². The number of carbonyl (C=O) groups excluding carboxylic acids is 1. The van der Waals surface area contributed by atoms with Crippen molar-refractivity contribution in [1.29, 1.82) is 0 Å². The van der Waals surface area contributed by atoms with Crippen LogP contribution in [-0.2, 0) is 11.2 Å². The van der Waals surface area contributed by atoms with E-state index in [1.54, 1.807) is 0 Å². The molecule has 2 heteroatoms. The van der Waals surface area contributed by atoms with Gasteiger partial charge in [0.05, 0.1) is 0 Å². The summed E-state index contributed by atoms with van der Waals surface area (Å²) in [6, 6.07) is 8.04. The van der Waals surface area contributed by atoms with E-state index < -0.39 is 0 Å². The van der Waals surface area contributed by atoms with E-state index in [1.807, 2.05) is 24.3 Å². The van der Waals surface area contributed by atoms with E-state index >= 15 is 0 Å². The van der Waals surface area contributed by atoms with Crippen LogP contribution in [0.15, 0.2) is 28.7 Å². The fourth-order valence-corrected chi connectivity index (χ4v) is 2.43. The number of unbranched alkanes of at least 4 members (excludes halogenated alkanes) is 1. The van der Waals surface area contributed by atoms with E-state index in [9.17, 15) is 4.79 Å². The fourth-order valence-electron chi connectivity index (χ4n) is 2.17. The van der Waals surface area contributed by atoms with Gasteiger partial charge in [-0.05, 0) is 23.6 Å². The average Bonchev–Trinajstić information content (AvgIpc) is 2.37. The summed E-state index contributed by atoms with van der Waals surface area (Å²) in [7, 11) is 0. The first-order chi connectivity index (χ1) is 8.65. The third-order valence-corrected chi connectivity index (χ3v) is 3.90. The van der Waals surface area contributed by atoms with Gasteiger partial charge >= 0.3 is 0 Å². The van der Waals surface area contributed by atoms with Gasteiger partial charge in [0.25, 0.3) is 0 Å². The number of ketones is 1. The molecule has 0 spiro atoms. The molecule has 0 aliphatic carbocycles. The molecule has 0 fully saturated rings. The SMILES string of the molecule is CCCCC(CC)CC(=O)Cc1ccc(Br)cc1.